The Kier molecular flexibility index (Phi) is 6.64. The standard InChI is InChI=1S/C14H21BrN2.ClH/c1-11(12-4-3-5-13(15)10-12)17-8-6-14(16-2)7-9-17;/h3-5,10-11,14,16H,6-9H2,1-2H3;1H. The lowest BCUT2D eigenvalue weighted by Gasteiger charge is -2.36. The molecule has 0 bridgehead atoms. The third-order valence-electron chi connectivity index (χ3n) is 3.82. The lowest BCUT2D eigenvalue weighted by atomic mass is 10.0. The molecule has 0 saturated carbocycles. The summed E-state index contributed by atoms with van der Waals surface area (Å²) < 4.78 is 1.17. The van der Waals surface area contributed by atoms with Crippen molar-refractivity contribution in [2.24, 2.45) is 0 Å². The van der Waals surface area contributed by atoms with Crippen molar-refractivity contribution in [1.29, 1.82) is 0 Å². The van der Waals surface area contributed by atoms with Gasteiger partial charge in [0.05, 0.1) is 0 Å². The van der Waals surface area contributed by atoms with Gasteiger partial charge in [0.15, 0.2) is 0 Å². The summed E-state index contributed by atoms with van der Waals surface area (Å²) in [4.78, 5) is 2.58. The van der Waals surface area contributed by atoms with Crippen LogP contribution in [0.5, 0.6) is 0 Å². The second-order valence-electron chi connectivity index (χ2n) is 4.83. The molecule has 1 saturated heterocycles. The van der Waals surface area contributed by atoms with Crippen molar-refractivity contribution in [1.82, 2.24) is 10.2 Å². The summed E-state index contributed by atoms with van der Waals surface area (Å²) in [5.41, 5.74) is 1.40. The van der Waals surface area contributed by atoms with Gasteiger partial charge in [0, 0.05) is 29.6 Å². The topological polar surface area (TPSA) is 15.3 Å². The van der Waals surface area contributed by atoms with Crippen molar-refractivity contribution in [3.8, 4) is 0 Å². The Morgan fingerprint density at radius 2 is 2.00 bits per heavy atom. The molecule has 1 aliphatic rings. The predicted octanol–water partition coefficient (Wildman–Crippen LogP) is 3.62. The Morgan fingerprint density at radius 1 is 1.33 bits per heavy atom. The first-order valence-corrected chi connectivity index (χ1v) is 7.17. The van der Waals surface area contributed by atoms with E-state index in [1.165, 1.54) is 36.0 Å². The van der Waals surface area contributed by atoms with E-state index in [2.05, 4.69) is 64.4 Å². The fraction of sp³-hybridized carbons (Fsp3) is 0.571. The van der Waals surface area contributed by atoms with E-state index in [1.54, 1.807) is 0 Å². The fourth-order valence-electron chi connectivity index (χ4n) is 2.55. The van der Waals surface area contributed by atoms with E-state index in [0.29, 0.717) is 12.1 Å². The summed E-state index contributed by atoms with van der Waals surface area (Å²) in [6.07, 6.45) is 2.52. The first-order chi connectivity index (χ1) is 8.20. The highest BCUT2D eigenvalue weighted by atomic mass is 79.9. The Hall–Kier alpha value is -0.0900. The number of hydrogen-bond donors (Lipinski definition) is 1. The minimum absolute atomic E-state index is 0. The third-order valence-corrected chi connectivity index (χ3v) is 4.31. The molecule has 2 nitrogen and oxygen atoms in total. The molecule has 1 unspecified atom stereocenters. The van der Waals surface area contributed by atoms with Gasteiger partial charge in [0.1, 0.15) is 0 Å². The highest BCUT2D eigenvalue weighted by molar-refractivity contribution is 9.10. The fourth-order valence-corrected chi connectivity index (χ4v) is 2.97. The molecule has 1 heterocycles. The maximum atomic E-state index is 3.55. The van der Waals surface area contributed by atoms with Crippen LogP contribution < -0.4 is 5.32 Å². The number of benzene rings is 1. The molecule has 0 spiro atoms. The quantitative estimate of drug-likeness (QED) is 0.909. The molecule has 0 aromatic heterocycles. The molecule has 102 valence electrons. The number of halogens is 2. The maximum Gasteiger partial charge on any atom is 0.0320 e. The molecule has 1 aliphatic heterocycles. The van der Waals surface area contributed by atoms with Gasteiger partial charge >= 0.3 is 0 Å². The second kappa shape index (κ2) is 7.49. The summed E-state index contributed by atoms with van der Waals surface area (Å²) in [5, 5.41) is 3.38. The molecular weight excluding hydrogens is 312 g/mol. The van der Waals surface area contributed by atoms with Crippen LogP contribution in [0.1, 0.15) is 31.4 Å². The number of likely N-dealkylation sites (tertiary alicyclic amines) is 1. The summed E-state index contributed by atoms with van der Waals surface area (Å²) in [7, 11) is 2.07. The minimum atomic E-state index is 0. The second-order valence-corrected chi connectivity index (χ2v) is 5.75. The van der Waals surface area contributed by atoms with Crippen molar-refractivity contribution in [2.75, 3.05) is 20.1 Å². The normalized spacial score (nSPS) is 19.3. The maximum absolute atomic E-state index is 3.55. The molecule has 1 aromatic carbocycles. The number of piperidine rings is 1. The molecule has 2 rings (SSSR count). The number of nitrogens with zero attached hydrogens (tertiary/aromatic N) is 1. The van der Waals surface area contributed by atoms with Gasteiger partial charge in [-0.2, -0.15) is 0 Å². The van der Waals surface area contributed by atoms with E-state index in [-0.39, 0.29) is 12.4 Å². The first-order valence-electron chi connectivity index (χ1n) is 6.37. The number of nitrogens with one attached hydrogen (secondary N) is 1. The van der Waals surface area contributed by atoms with Crippen LogP contribution in [0.25, 0.3) is 0 Å². The highest BCUT2D eigenvalue weighted by Gasteiger charge is 2.22. The Bertz CT molecular complexity index is 365. The highest BCUT2D eigenvalue weighted by Crippen LogP contribution is 2.25. The molecule has 4 heteroatoms. The monoisotopic (exact) mass is 332 g/mol. The lowest BCUT2D eigenvalue weighted by molar-refractivity contribution is 0.155. The van der Waals surface area contributed by atoms with Gasteiger partial charge in [0.25, 0.3) is 0 Å². The Balaban J connectivity index is 0.00000162. The summed E-state index contributed by atoms with van der Waals surface area (Å²) in [6.45, 7) is 4.69. The van der Waals surface area contributed by atoms with E-state index < -0.39 is 0 Å². The van der Waals surface area contributed by atoms with E-state index in [0.717, 1.165) is 0 Å². The third kappa shape index (κ3) is 3.95. The van der Waals surface area contributed by atoms with Gasteiger partial charge in [-0.05, 0) is 44.5 Å². The van der Waals surface area contributed by atoms with Crippen LogP contribution in [0.3, 0.4) is 0 Å². The average Bonchev–Trinajstić information content (AvgIpc) is 2.38. The molecule has 0 radical (unpaired) electrons. The predicted molar refractivity (Wildman–Crippen MR) is 83.5 cm³/mol. The van der Waals surface area contributed by atoms with Crippen LogP contribution in [-0.4, -0.2) is 31.1 Å². The molecule has 1 atom stereocenters. The van der Waals surface area contributed by atoms with E-state index in [9.17, 15) is 0 Å². The van der Waals surface area contributed by atoms with Crippen LogP contribution in [-0.2, 0) is 0 Å². The first kappa shape index (κ1) is 16.0. The van der Waals surface area contributed by atoms with Gasteiger partial charge in [0.2, 0.25) is 0 Å². The van der Waals surface area contributed by atoms with Gasteiger partial charge in [-0.1, -0.05) is 28.1 Å². The summed E-state index contributed by atoms with van der Waals surface area (Å²) in [6, 6.07) is 9.89. The molecule has 1 aromatic rings. The van der Waals surface area contributed by atoms with Gasteiger partial charge in [-0.15, -0.1) is 12.4 Å². The smallest absolute Gasteiger partial charge is 0.0320 e. The molecule has 0 amide bonds. The average molecular weight is 334 g/mol. The van der Waals surface area contributed by atoms with Crippen molar-refractivity contribution in [2.45, 2.75) is 31.8 Å². The van der Waals surface area contributed by atoms with Gasteiger partial charge < -0.3 is 5.32 Å². The zero-order valence-corrected chi connectivity index (χ0v) is 13.4. The van der Waals surface area contributed by atoms with Crippen LogP contribution in [0.4, 0.5) is 0 Å². The van der Waals surface area contributed by atoms with Crippen molar-refractivity contribution in [3.63, 3.8) is 0 Å². The number of rotatable bonds is 3. The molecule has 1 N–H and O–H groups in total. The van der Waals surface area contributed by atoms with E-state index in [4.69, 9.17) is 0 Å². The molecule has 0 aliphatic carbocycles. The Morgan fingerprint density at radius 3 is 2.56 bits per heavy atom. The van der Waals surface area contributed by atoms with Crippen molar-refractivity contribution in [3.05, 3.63) is 34.3 Å². The Labute approximate surface area is 125 Å². The summed E-state index contributed by atoms with van der Waals surface area (Å²) >= 11 is 3.55. The zero-order valence-electron chi connectivity index (χ0n) is 11.0. The molecular formula is C14H22BrClN2. The number of hydrogen-bond acceptors (Lipinski definition) is 2. The van der Waals surface area contributed by atoms with Crippen LogP contribution in [0.15, 0.2) is 28.7 Å². The lowest BCUT2D eigenvalue weighted by Crippen LogP contribution is -2.42. The minimum Gasteiger partial charge on any atom is -0.317 e. The zero-order chi connectivity index (χ0) is 12.3. The van der Waals surface area contributed by atoms with Gasteiger partial charge in [-0.3, -0.25) is 4.90 Å². The van der Waals surface area contributed by atoms with Crippen molar-refractivity contribution < 1.29 is 0 Å². The van der Waals surface area contributed by atoms with Crippen molar-refractivity contribution >= 4 is 28.3 Å². The summed E-state index contributed by atoms with van der Waals surface area (Å²) in [5.74, 6) is 0. The molecule has 1 fully saturated rings. The van der Waals surface area contributed by atoms with E-state index in [1.807, 2.05) is 0 Å². The largest absolute Gasteiger partial charge is 0.317 e. The van der Waals surface area contributed by atoms with Crippen LogP contribution in [0, 0.1) is 0 Å². The van der Waals surface area contributed by atoms with Gasteiger partial charge in [-0.25, -0.2) is 0 Å². The van der Waals surface area contributed by atoms with Crippen LogP contribution >= 0.6 is 28.3 Å². The molecule has 18 heavy (non-hydrogen) atoms. The van der Waals surface area contributed by atoms with E-state index >= 15 is 0 Å². The SMILES string of the molecule is CNC1CCN(C(C)c2cccc(Br)c2)CC1.Cl. The van der Waals surface area contributed by atoms with Crippen LogP contribution in [0.2, 0.25) is 0 Å².